The van der Waals surface area contributed by atoms with Gasteiger partial charge in [-0.3, -0.25) is 4.79 Å². The summed E-state index contributed by atoms with van der Waals surface area (Å²) >= 11 is 6.38. The minimum absolute atomic E-state index is 0. The Bertz CT molecular complexity index is 662. The number of halogens is 2. The zero-order valence-electron chi connectivity index (χ0n) is 16.0. The first-order valence-corrected chi connectivity index (χ1v) is 9.13. The van der Waals surface area contributed by atoms with E-state index >= 15 is 0 Å². The highest BCUT2D eigenvalue weighted by molar-refractivity contribution is 6.65. The van der Waals surface area contributed by atoms with Crippen molar-refractivity contribution in [3.8, 4) is 0 Å². The Hall–Kier alpha value is -0.785. The highest BCUT2D eigenvalue weighted by atomic mass is 35.5. The van der Waals surface area contributed by atoms with Gasteiger partial charge >= 0.3 is 7.12 Å². The summed E-state index contributed by atoms with van der Waals surface area (Å²) in [5.74, 6) is -0.0110. The minimum Gasteiger partial charge on any atom is -0.399 e. The second kappa shape index (κ2) is 7.68. The third kappa shape index (κ3) is 3.90. The molecular weight excluding hydrogens is 374 g/mol. The third-order valence-electron chi connectivity index (χ3n) is 5.65. The number of hydrogen-bond donors (Lipinski definition) is 1. The second-order valence-corrected chi connectivity index (χ2v) is 8.29. The molecule has 2 fully saturated rings. The molecule has 3 rings (SSSR count). The van der Waals surface area contributed by atoms with Gasteiger partial charge in [-0.2, -0.15) is 0 Å². The Labute approximate surface area is 167 Å². The predicted molar refractivity (Wildman–Crippen MR) is 108 cm³/mol. The Morgan fingerprint density at radius 1 is 1.27 bits per heavy atom. The molecule has 0 bridgehead atoms. The summed E-state index contributed by atoms with van der Waals surface area (Å²) in [7, 11) is 1.27. The maximum atomic E-state index is 12.8. The summed E-state index contributed by atoms with van der Waals surface area (Å²) in [6.07, 6.45) is 0.972. The number of nitrogens with zero attached hydrogens (tertiary/aromatic N) is 1. The molecule has 1 amide bonds. The lowest BCUT2D eigenvalue weighted by molar-refractivity contribution is 0.00578. The van der Waals surface area contributed by atoms with Crippen LogP contribution in [0.25, 0.3) is 0 Å². The van der Waals surface area contributed by atoms with Crippen molar-refractivity contribution in [1.29, 1.82) is 0 Å². The molecular formula is C18H27BCl2N2O3. The van der Waals surface area contributed by atoms with Gasteiger partial charge in [0.2, 0.25) is 0 Å². The maximum absolute atomic E-state index is 12.8. The maximum Gasteiger partial charge on any atom is 0.496 e. The van der Waals surface area contributed by atoms with E-state index in [0.29, 0.717) is 16.0 Å². The molecule has 0 unspecified atom stereocenters. The van der Waals surface area contributed by atoms with E-state index in [9.17, 15) is 4.79 Å². The number of likely N-dealkylation sites (N-methyl/N-ethyl adjacent to an activating group) is 1. The lowest BCUT2D eigenvalue weighted by atomic mass is 9.78. The summed E-state index contributed by atoms with van der Waals surface area (Å²) in [4.78, 5) is 14.6. The summed E-state index contributed by atoms with van der Waals surface area (Å²) in [6, 6.07) is 5.53. The van der Waals surface area contributed by atoms with Gasteiger partial charge in [-0.15, -0.1) is 12.4 Å². The summed E-state index contributed by atoms with van der Waals surface area (Å²) in [5.41, 5.74) is 0.397. The fourth-order valence-electron chi connectivity index (χ4n) is 3.17. The van der Waals surface area contributed by atoms with Crippen molar-refractivity contribution in [2.24, 2.45) is 0 Å². The number of carbonyl (C=O) groups excluding carboxylic acids is 1. The Balaban J connectivity index is 0.00000243. The Morgan fingerprint density at radius 2 is 1.88 bits per heavy atom. The zero-order chi connectivity index (χ0) is 18.4. The molecule has 8 heteroatoms. The van der Waals surface area contributed by atoms with Crippen LogP contribution in [0.5, 0.6) is 0 Å². The summed E-state index contributed by atoms with van der Waals surface area (Å²) in [6.45, 7) is 9.77. The van der Waals surface area contributed by atoms with Gasteiger partial charge in [-0.1, -0.05) is 11.6 Å². The van der Waals surface area contributed by atoms with Crippen molar-refractivity contribution >= 4 is 42.5 Å². The Morgan fingerprint density at radius 3 is 2.42 bits per heavy atom. The lowest BCUT2D eigenvalue weighted by Crippen LogP contribution is -2.41. The van der Waals surface area contributed by atoms with Crippen molar-refractivity contribution in [3.63, 3.8) is 0 Å². The van der Waals surface area contributed by atoms with Gasteiger partial charge in [0, 0.05) is 35.7 Å². The Kier molecular flexibility index (Phi) is 6.36. The average molecular weight is 401 g/mol. The topological polar surface area (TPSA) is 50.8 Å². The van der Waals surface area contributed by atoms with Crippen molar-refractivity contribution in [2.45, 2.75) is 51.4 Å². The van der Waals surface area contributed by atoms with Gasteiger partial charge in [0.25, 0.3) is 5.91 Å². The molecule has 2 aliphatic rings. The number of hydrogen-bond acceptors (Lipinski definition) is 4. The van der Waals surface area contributed by atoms with E-state index in [2.05, 4.69) is 5.32 Å². The molecule has 1 N–H and O–H groups in total. The van der Waals surface area contributed by atoms with E-state index in [1.807, 2.05) is 34.7 Å². The van der Waals surface area contributed by atoms with Crippen LogP contribution in [0.3, 0.4) is 0 Å². The normalized spacial score (nSPS) is 23.6. The third-order valence-corrected chi connectivity index (χ3v) is 6.00. The first-order chi connectivity index (χ1) is 11.6. The standard InChI is InChI=1S/C18H26BClN2O3.ClH/c1-17(2)18(3,4)25-19(24-17)14-10-12(6-7-15(14)20)16(23)22(5)13-8-9-21-11-13;/h6-7,10,13,21H,8-9,11H2,1-5H3;1H/t13-;/m0./s1. The van der Waals surface area contributed by atoms with E-state index in [4.69, 9.17) is 20.9 Å². The fourth-order valence-corrected chi connectivity index (χ4v) is 3.37. The largest absolute Gasteiger partial charge is 0.496 e. The van der Waals surface area contributed by atoms with Crippen molar-refractivity contribution in [3.05, 3.63) is 28.8 Å². The molecule has 5 nitrogen and oxygen atoms in total. The van der Waals surface area contributed by atoms with Crippen molar-refractivity contribution in [1.82, 2.24) is 10.2 Å². The number of rotatable bonds is 3. The van der Waals surface area contributed by atoms with Crippen LogP contribution in [0.15, 0.2) is 18.2 Å². The van der Waals surface area contributed by atoms with Crippen LogP contribution in [0.4, 0.5) is 0 Å². The molecule has 1 aromatic carbocycles. The molecule has 144 valence electrons. The van der Waals surface area contributed by atoms with E-state index < -0.39 is 18.3 Å². The second-order valence-electron chi connectivity index (χ2n) is 7.89. The van der Waals surface area contributed by atoms with Gasteiger partial charge in [-0.25, -0.2) is 0 Å². The number of benzene rings is 1. The van der Waals surface area contributed by atoms with E-state index in [-0.39, 0.29) is 24.4 Å². The van der Waals surface area contributed by atoms with Crippen LogP contribution in [-0.4, -0.2) is 55.3 Å². The molecule has 0 aliphatic carbocycles. The highest BCUT2D eigenvalue weighted by Crippen LogP contribution is 2.37. The molecule has 2 aliphatic heterocycles. The highest BCUT2D eigenvalue weighted by Gasteiger charge is 2.52. The number of amides is 1. The molecule has 1 aromatic rings. The molecule has 2 saturated heterocycles. The predicted octanol–water partition coefficient (Wildman–Crippen LogP) is 2.49. The van der Waals surface area contributed by atoms with Crippen LogP contribution in [0, 0.1) is 0 Å². The van der Waals surface area contributed by atoms with Crippen LogP contribution in [0.1, 0.15) is 44.5 Å². The van der Waals surface area contributed by atoms with Gasteiger partial charge in [0.05, 0.1) is 11.2 Å². The molecule has 0 saturated carbocycles. The quantitative estimate of drug-likeness (QED) is 0.792. The van der Waals surface area contributed by atoms with Crippen LogP contribution in [-0.2, 0) is 9.31 Å². The lowest BCUT2D eigenvalue weighted by Gasteiger charge is -2.32. The minimum atomic E-state index is -0.580. The van der Waals surface area contributed by atoms with Gasteiger partial charge in [-0.05, 0) is 58.9 Å². The van der Waals surface area contributed by atoms with E-state index in [0.717, 1.165) is 19.5 Å². The molecule has 26 heavy (non-hydrogen) atoms. The number of nitrogens with one attached hydrogen (secondary N) is 1. The van der Waals surface area contributed by atoms with Crippen LogP contribution in [0.2, 0.25) is 5.02 Å². The summed E-state index contributed by atoms with van der Waals surface area (Å²) in [5, 5.41) is 3.83. The van der Waals surface area contributed by atoms with Gasteiger partial charge in [0.15, 0.2) is 0 Å². The van der Waals surface area contributed by atoms with Crippen molar-refractivity contribution < 1.29 is 14.1 Å². The van der Waals surface area contributed by atoms with Crippen LogP contribution >= 0.6 is 24.0 Å². The molecule has 0 spiro atoms. The molecule has 0 aromatic heterocycles. The van der Waals surface area contributed by atoms with Crippen molar-refractivity contribution in [2.75, 3.05) is 20.1 Å². The molecule has 2 heterocycles. The summed E-state index contributed by atoms with van der Waals surface area (Å²) < 4.78 is 12.2. The SMILES string of the molecule is CN(C(=O)c1ccc(Cl)c(B2OC(C)(C)C(C)(C)O2)c1)[C@H]1CCNC1.Cl. The number of carbonyl (C=O) groups is 1. The molecule has 1 atom stereocenters. The molecule has 0 radical (unpaired) electrons. The van der Waals surface area contributed by atoms with Crippen LogP contribution < -0.4 is 10.8 Å². The first-order valence-electron chi connectivity index (χ1n) is 8.75. The van der Waals surface area contributed by atoms with E-state index in [1.165, 1.54) is 0 Å². The van der Waals surface area contributed by atoms with Gasteiger partial charge in [0.1, 0.15) is 0 Å². The van der Waals surface area contributed by atoms with Gasteiger partial charge < -0.3 is 19.5 Å². The zero-order valence-corrected chi connectivity index (χ0v) is 17.5. The smallest absolute Gasteiger partial charge is 0.399 e. The first kappa shape index (κ1) is 21.5. The monoisotopic (exact) mass is 400 g/mol. The van der Waals surface area contributed by atoms with E-state index in [1.54, 1.807) is 23.1 Å². The average Bonchev–Trinajstić information content (AvgIpc) is 3.13. The fraction of sp³-hybridized carbons (Fsp3) is 0.611.